The number of hydrogen-bond acceptors (Lipinski definition) is 5. The van der Waals surface area contributed by atoms with E-state index in [1.54, 1.807) is 31.4 Å². The molecule has 33 heavy (non-hydrogen) atoms. The van der Waals surface area contributed by atoms with Crippen LogP contribution in [0, 0.1) is 0 Å². The first-order valence-corrected chi connectivity index (χ1v) is 11.8. The third kappa shape index (κ3) is 7.57. The summed E-state index contributed by atoms with van der Waals surface area (Å²) in [5, 5.41) is 5.84. The topological polar surface area (TPSA) is 76.7 Å². The van der Waals surface area contributed by atoms with Crippen LogP contribution in [0.3, 0.4) is 0 Å². The molecule has 0 aliphatic rings. The highest BCUT2D eigenvalue weighted by molar-refractivity contribution is 7.99. The van der Waals surface area contributed by atoms with Gasteiger partial charge in [-0.1, -0.05) is 42.5 Å². The van der Waals surface area contributed by atoms with Gasteiger partial charge in [-0.25, -0.2) is 0 Å². The zero-order valence-corrected chi connectivity index (χ0v) is 19.6. The molecule has 6 nitrogen and oxygen atoms in total. The molecule has 1 unspecified atom stereocenters. The third-order valence-corrected chi connectivity index (χ3v) is 5.80. The van der Waals surface area contributed by atoms with E-state index in [1.807, 2.05) is 61.5 Å². The van der Waals surface area contributed by atoms with Gasteiger partial charge in [-0.05, 0) is 48.9 Å². The largest absolute Gasteiger partial charge is 0.497 e. The average molecular weight is 465 g/mol. The average Bonchev–Trinajstić information content (AvgIpc) is 2.85. The van der Waals surface area contributed by atoms with Gasteiger partial charge in [0.2, 0.25) is 5.91 Å². The zero-order valence-electron chi connectivity index (χ0n) is 18.7. The van der Waals surface area contributed by atoms with Crippen molar-refractivity contribution >= 4 is 29.3 Å². The summed E-state index contributed by atoms with van der Waals surface area (Å²) in [5.41, 5.74) is 1.94. The fourth-order valence-corrected chi connectivity index (χ4v) is 3.73. The van der Waals surface area contributed by atoms with E-state index in [0.29, 0.717) is 23.6 Å². The van der Waals surface area contributed by atoms with Gasteiger partial charge in [0.05, 0.1) is 36.8 Å². The van der Waals surface area contributed by atoms with Crippen LogP contribution in [0.25, 0.3) is 0 Å². The Morgan fingerprint density at radius 3 is 2.30 bits per heavy atom. The van der Waals surface area contributed by atoms with Crippen LogP contribution < -0.4 is 20.1 Å². The highest BCUT2D eigenvalue weighted by Gasteiger charge is 2.16. The van der Waals surface area contributed by atoms with Gasteiger partial charge in [0.25, 0.3) is 5.91 Å². The number of amides is 2. The highest BCUT2D eigenvalue weighted by atomic mass is 32.2. The third-order valence-electron chi connectivity index (χ3n) is 4.88. The Labute approximate surface area is 198 Å². The monoisotopic (exact) mass is 464 g/mol. The van der Waals surface area contributed by atoms with Crippen LogP contribution in [-0.2, 0) is 4.79 Å². The van der Waals surface area contributed by atoms with E-state index >= 15 is 0 Å². The zero-order chi connectivity index (χ0) is 23.5. The molecule has 2 N–H and O–H groups in total. The minimum absolute atomic E-state index is 0.149. The fourth-order valence-electron chi connectivity index (χ4n) is 3.13. The van der Waals surface area contributed by atoms with Gasteiger partial charge in [0.15, 0.2) is 0 Å². The van der Waals surface area contributed by atoms with Crippen molar-refractivity contribution in [1.29, 1.82) is 0 Å². The molecule has 0 aromatic heterocycles. The minimum atomic E-state index is -0.234. The first-order chi connectivity index (χ1) is 16.1. The Morgan fingerprint density at radius 2 is 1.58 bits per heavy atom. The standard InChI is InChI=1S/C26H28N2O4S/c1-19(20-8-4-3-5-9-20)27-26(30)23-10-6-7-11-24(23)28-25(29)18-33-17-16-32-22-14-12-21(31-2)13-15-22/h3-15,19H,16-18H2,1-2H3,(H,27,30)(H,28,29). The number of nitrogens with one attached hydrogen (secondary N) is 2. The lowest BCUT2D eigenvalue weighted by atomic mass is 10.1. The SMILES string of the molecule is COc1ccc(OCCSCC(=O)Nc2ccccc2C(=O)NC(C)c2ccccc2)cc1. The summed E-state index contributed by atoms with van der Waals surface area (Å²) in [6.07, 6.45) is 0. The van der Waals surface area contributed by atoms with Crippen LogP contribution >= 0.6 is 11.8 Å². The van der Waals surface area contributed by atoms with Crippen LogP contribution in [0.4, 0.5) is 5.69 Å². The lowest BCUT2D eigenvalue weighted by molar-refractivity contribution is -0.113. The van der Waals surface area contributed by atoms with E-state index in [4.69, 9.17) is 9.47 Å². The van der Waals surface area contributed by atoms with Crippen molar-refractivity contribution in [3.63, 3.8) is 0 Å². The van der Waals surface area contributed by atoms with E-state index < -0.39 is 0 Å². The number of methoxy groups -OCH3 is 1. The molecule has 3 aromatic rings. The molecule has 0 bridgehead atoms. The maximum Gasteiger partial charge on any atom is 0.253 e. The Bertz CT molecular complexity index is 1040. The molecule has 3 rings (SSSR count). The Hall–Kier alpha value is -3.45. The fraction of sp³-hybridized carbons (Fsp3) is 0.231. The van der Waals surface area contributed by atoms with Gasteiger partial charge >= 0.3 is 0 Å². The van der Waals surface area contributed by atoms with Crippen molar-refractivity contribution in [2.75, 3.05) is 30.5 Å². The molecular formula is C26H28N2O4S. The summed E-state index contributed by atoms with van der Waals surface area (Å²) in [7, 11) is 1.62. The van der Waals surface area contributed by atoms with Gasteiger partial charge < -0.3 is 20.1 Å². The molecule has 0 spiro atoms. The Balaban J connectivity index is 1.45. The van der Waals surface area contributed by atoms with E-state index in [9.17, 15) is 9.59 Å². The predicted octanol–water partition coefficient (Wildman–Crippen LogP) is 4.94. The predicted molar refractivity (Wildman–Crippen MR) is 133 cm³/mol. The minimum Gasteiger partial charge on any atom is -0.497 e. The van der Waals surface area contributed by atoms with Crippen LogP contribution in [0.1, 0.15) is 28.9 Å². The van der Waals surface area contributed by atoms with E-state index in [-0.39, 0.29) is 23.6 Å². The van der Waals surface area contributed by atoms with Crippen LogP contribution in [0.2, 0.25) is 0 Å². The number of carbonyl (C=O) groups is 2. The number of benzene rings is 3. The second-order valence-corrected chi connectivity index (χ2v) is 8.38. The first kappa shape index (κ1) is 24.2. The molecule has 0 heterocycles. The Kier molecular flexibility index (Phi) is 9.20. The van der Waals surface area contributed by atoms with Crippen LogP contribution in [0.15, 0.2) is 78.9 Å². The van der Waals surface area contributed by atoms with Crippen molar-refractivity contribution in [2.24, 2.45) is 0 Å². The van der Waals surface area contributed by atoms with Crippen molar-refractivity contribution in [3.05, 3.63) is 90.0 Å². The number of thioether (sulfide) groups is 1. The number of hydrogen-bond donors (Lipinski definition) is 2. The number of anilines is 1. The van der Waals surface area contributed by atoms with Gasteiger partial charge in [0.1, 0.15) is 11.5 Å². The molecule has 172 valence electrons. The van der Waals surface area contributed by atoms with Crippen molar-refractivity contribution in [2.45, 2.75) is 13.0 Å². The summed E-state index contributed by atoms with van der Waals surface area (Å²) >= 11 is 1.47. The molecule has 2 amide bonds. The summed E-state index contributed by atoms with van der Waals surface area (Å²) in [4.78, 5) is 25.2. The number of ether oxygens (including phenoxy) is 2. The van der Waals surface area contributed by atoms with E-state index in [2.05, 4.69) is 10.6 Å². The highest BCUT2D eigenvalue weighted by Crippen LogP contribution is 2.19. The van der Waals surface area contributed by atoms with Crippen molar-refractivity contribution in [1.82, 2.24) is 5.32 Å². The summed E-state index contributed by atoms with van der Waals surface area (Å²) < 4.78 is 10.8. The lowest BCUT2D eigenvalue weighted by Crippen LogP contribution is -2.28. The molecular weight excluding hydrogens is 436 g/mol. The number of carbonyl (C=O) groups excluding carboxylic acids is 2. The lowest BCUT2D eigenvalue weighted by Gasteiger charge is -2.16. The second kappa shape index (κ2) is 12.6. The molecule has 3 aromatic carbocycles. The normalized spacial score (nSPS) is 11.3. The van der Waals surface area contributed by atoms with Gasteiger partial charge in [0, 0.05) is 5.75 Å². The maximum atomic E-state index is 12.8. The Morgan fingerprint density at radius 1 is 0.909 bits per heavy atom. The quantitative estimate of drug-likeness (QED) is 0.393. The van der Waals surface area contributed by atoms with Crippen molar-refractivity contribution in [3.8, 4) is 11.5 Å². The maximum absolute atomic E-state index is 12.8. The second-order valence-electron chi connectivity index (χ2n) is 7.28. The molecule has 0 saturated carbocycles. The number of rotatable bonds is 11. The molecule has 0 fully saturated rings. The van der Waals surface area contributed by atoms with Crippen molar-refractivity contribution < 1.29 is 19.1 Å². The first-order valence-electron chi connectivity index (χ1n) is 10.7. The molecule has 0 aliphatic carbocycles. The summed E-state index contributed by atoms with van der Waals surface area (Å²) in [6.45, 7) is 2.42. The van der Waals surface area contributed by atoms with Crippen LogP contribution in [-0.4, -0.2) is 37.0 Å². The molecule has 0 aliphatic heterocycles. The summed E-state index contributed by atoms with van der Waals surface area (Å²) in [6, 6.07) is 24.0. The van der Waals surface area contributed by atoms with E-state index in [1.165, 1.54) is 11.8 Å². The van der Waals surface area contributed by atoms with Crippen LogP contribution in [0.5, 0.6) is 11.5 Å². The summed E-state index contributed by atoms with van der Waals surface area (Å²) in [5.74, 6) is 2.06. The molecule has 7 heteroatoms. The molecule has 0 radical (unpaired) electrons. The molecule has 1 atom stereocenters. The number of para-hydroxylation sites is 1. The van der Waals surface area contributed by atoms with E-state index in [0.717, 1.165) is 17.1 Å². The molecule has 0 saturated heterocycles. The van der Waals surface area contributed by atoms with Gasteiger partial charge in [-0.15, -0.1) is 11.8 Å². The smallest absolute Gasteiger partial charge is 0.253 e. The van der Waals surface area contributed by atoms with Gasteiger partial charge in [-0.2, -0.15) is 0 Å². The van der Waals surface area contributed by atoms with Gasteiger partial charge in [-0.3, -0.25) is 9.59 Å².